The molecule has 0 aromatic carbocycles. The van der Waals surface area contributed by atoms with Crippen molar-refractivity contribution in [2.45, 2.75) is 30.5 Å². The molecule has 20 heavy (non-hydrogen) atoms. The Morgan fingerprint density at radius 1 is 1.40 bits per heavy atom. The average molecular weight is 323 g/mol. The molecular formula is C12H16F3N3S2. The number of aromatic nitrogens is 2. The summed E-state index contributed by atoms with van der Waals surface area (Å²) in [6.07, 6.45) is -1.57. The number of nitrogens with zero attached hydrogens (tertiary/aromatic N) is 3. The number of rotatable bonds is 5. The van der Waals surface area contributed by atoms with Gasteiger partial charge in [0.05, 0.1) is 11.7 Å². The quantitative estimate of drug-likeness (QED) is 0.610. The van der Waals surface area contributed by atoms with Crippen LogP contribution in [-0.4, -0.2) is 45.7 Å². The minimum absolute atomic E-state index is 0.115. The molecule has 1 aromatic heterocycles. The van der Waals surface area contributed by atoms with Gasteiger partial charge in [-0.05, 0) is 31.2 Å². The van der Waals surface area contributed by atoms with Gasteiger partial charge in [-0.3, -0.25) is 0 Å². The van der Waals surface area contributed by atoms with Crippen LogP contribution in [0.5, 0.6) is 0 Å². The fraction of sp³-hybridized carbons (Fsp3) is 0.667. The predicted molar refractivity (Wildman–Crippen MR) is 76.0 cm³/mol. The number of halogens is 3. The highest BCUT2D eigenvalue weighted by molar-refractivity contribution is 7.99. The van der Waals surface area contributed by atoms with Crippen LogP contribution in [0.1, 0.15) is 25.0 Å². The third-order valence-corrected chi connectivity index (χ3v) is 4.64. The van der Waals surface area contributed by atoms with Gasteiger partial charge in [0.1, 0.15) is 10.7 Å². The molecule has 112 valence electrons. The molecule has 0 amide bonds. The van der Waals surface area contributed by atoms with Crippen LogP contribution in [0.15, 0.2) is 11.1 Å². The normalized spacial score (nSPS) is 17.3. The van der Waals surface area contributed by atoms with E-state index in [1.165, 1.54) is 11.8 Å². The summed E-state index contributed by atoms with van der Waals surface area (Å²) in [7, 11) is 2.04. The summed E-state index contributed by atoms with van der Waals surface area (Å²) in [5, 5.41) is 0.763. The fourth-order valence-corrected chi connectivity index (χ4v) is 3.63. The molecule has 0 radical (unpaired) electrons. The van der Waals surface area contributed by atoms with Crippen LogP contribution in [-0.2, 0) is 0 Å². The van der Waals surface area contributed by atoms with E-state index in [4.69, 9.17) is 0 Å². The maximum atomic E-state index is 12.1. The monoisotopic (exact) mass is 323 g/mol. The zero-order chi connectivity index (χ0) is 14.6. The molecule has 3 nitrogen and oxygen atoms in total. The van der Waals surface area contributed by atoms with Gasteiger partial charge in [0, 0.05) is 19.5 Å². The lowest BCUT2D eigenvalue weighted by Gasteiger charge is -2.22. The van der Waals surface area contributed by atoms with E-state index < -0.39 is 12.6 Å². The number of hydrogen-bond acceptors (Lipinski definition) is 5. The molecule has 8 heteroatoms. The van der Waals surface area contributed by atoms with Crippen LogP contribution in [0.25, 0.3) is 5.57 Å². The minimum Gasteiger partial charge on any atom is -0.302 e. The summed E-state index contributed by atoms with van der Waals surface area (Å²) in [6.45, 7) is 1.84. The van der Waals surface area contributed by atoms with Gasteiger partial charge in [-0.1, -0.05) is 6.08 Å². The van der Waals surface area contributed by atoms with Crippen molar-refractivity contribution in [3.8, 4) is 0 Å². The van der Waals surface area contributed by atoms with E-state index in [2.05, 4.69) is 19.7 Å². The van der Waals surface area contributed by atoms with Crippen LogP contribution in [0.4, 0.5) is 13.2 Å². The van der Waals surface area contributed by atoms with Gasteiger partial charge in [-0.25, -0.2) is 0 Å². The first-order valence-corrected chi connectivity index (χ1v) is 8.07. The van der Waals surface area contributed by atoms with Crippen molar-refractivity contribution >= 4 is 29.1 Å². The Morgan fingerprint density at radius 2 is 2.20 bits per heavy atom. The van der Waals surface area contributed by atoms with Crippen LogP contribution in [0, 0.1) is 0 Å². The van der Waals surface area contributed by atoms with E-state index in [1.807, 2.05) is 7.05 Å². The summed E-state index contributed by atoms with van der Waals surface area (Å²) in [5.41, 5.74) is 1.98. The number of thioether (sulfide) groups is 1. The van der Waals surface area contributed by atoms with Gasteiger partial charge in [0.2, 0.25) is 0 Å². The van der Waals surface area contributed by atoms with E-state index in [0.29, 0.717) is 5.75 Å². The Labute approximate surface area is 124 Å². The Morgan fingerprint density at radius 3 is 2.90 bits per heavy atom. The second-order valence-corrected chi connectivity index (χ2v) is 6.35. The molecule has 1 aliphatic heterocycles. The molecule has 0 atom stereocenters. The smallest absolute Gasteiger partial charge is 0.302 e. The highest BCUT2D eigenvalue weighted by atomic mass is 32.2. The standard InChI is InChI=1S/C12H16F3N3S2/c1-18-6-2-4-9(8-18)10-11(17-20-16-10)19-7-3-5-12(13,14)15/h4H,2-3,5-8H2,1H3. The van der Waals surface area contributed by atoms with E-state index in [9.17, 15) is 13.2 Å². The number of hydrogen-bond donors (Lipinski definition) is 0. The Kier molecular flexibility index (Phi) is 5.45. The first-order chi connectivity index (χ1) is 9.46. The molecule has 0 saturated carbocycles. The van der Waals surface area contributed by atoms with Crippen molar-refractivity contribution in [1.29, 1.82) is 0 Å². The lowest BCUT2D eigenvalue weighted by molar-refractivity contribution is -0.134. The van der Waals surface area contributed by atoms with E-state index in [0.717, 1.165) is 47.5 Å². The Hall–Kier alpha value is -0.600. The molecule has 0 aliphatic carbocycles. The first kappa shape index (κ1) is 15.8. The van der Waals surface area contributed by atoms with Crippen LogP contribution < -0.4 is 0 Å². The highest BCUT2D eigenvalue weighted by Gasteiger charge is 2.26. The van der Waals surface area contributed by atoms with Crippen LogP contribution in [0.2, 0.25) is 0 Å². The molecule has 1 aliphatic rings. The third-order valence-electron chi connectivity index (χ3n) is 2.95. The molecule has 0 bridgehead atoms. The summed E-state index contributed by atoms with van der Waals surface area (Å²) in [5.74, 6) is 0.418. The van der Waals surface area contributed by atoms with Crippen molar-refractivity contribution in [3.63, 3.8) is 0 Å². The van der Waals surface area contributed by atoms with E-state index in [1.54, 1.807) is 0 Å². The maximum Gasteiger partial charge on any atom is 0.389 e. The molecule has 0 saturated heterocycles. The van der Waals surface area contributed by atoms with Gasteiger partial charge in [-0.15, -0.1) is 11.8 Å². The Balaban J connectivity index is 1.90. The molecule has 2 heterocycles. The molecule has 2 rings (SSSR count). The molecule has 1 aromatic rings. The second kappa shape index (κ2) is 6.91. The molecule has 0 spiro atoms. The fourth-order valence-electron chi connectivity index (χ4n) is 1.98. The highest BCUT2D eigenvalue weighted by Crippen LogP contribution is 2.30. The molecule has 0 unspecified atom stereocenters. The summed E-state index contributed by atoms with van der Waals surface area (Å²) in [4.78, 5) is 2.20. The summed E-state index contributed by atoms with van der Waals surface area (Å²) in [6, 6.07) is 0. The van der Waals surface area contributed by atoms with Crippen molar-refractivity contribution in [2.75, 3.05) is 25.9 Å². The van der Waals surface area contributed by atoms with Crippen molar-refractivity contribution < 1.29 is 13.2 Å². The van der Waals surface area contributed by atoms with Gasteiger partial charge >= 0.3 is 6.18 Å². The second-order valence-electron chi connectivity index (χ2n) is 4.74. The Bertz CT molecular complexity index is 471. The van der Waals surface area contributed by atoms with Crippen molar-refractivity contribution in [1.82, 2.24) is 13.6 Å². The SMILES string of the molecule is CN1CCC=C(c2nsnc2SCCCC(F)(F)F)C1. The predicted octanol–water partition coefficient (Wildman–Crippen LogP) is 3.69. The number of alkyl halides is 3. The molecule has 0 fully saturated rings. The zero-order valence-corrected chi connectivity index (χ0v) is 12.7. The lowest BCUT2D eigenvalue weighted by atomic mass is 10.1. The third kappa shape index (κ3) is 4.75. The summed E-state index contributed by atoms with van der Waals surface area (Å²) < 4.78 is 44.8. The maximum absolute atomic E-state index is 12.1. The van der Waals surface area contributed by atoms with E-state index in [-0.39, 0.29) is 6.42 Å². The first-order valence-electron chi connectivity index (χ1n) is 6.36. The largest absolute Gasteiger partial charge is 0.389 e. The van der Waals surface area contributed by atoms with Crippen molar-refractivity contribution in [3.05, 3.63) is 11.8 Å². The topological polar surface area (TPSA) is 29.0 Å². The zero-order valence-electron chi connectivity index (χ0n) is 11.1. The van der Waals surface area contributed by atoms with E-state index >= 15 is 0 Å². The molecule has 0 N–H and O–H groups in total. The van der Waals surface area contributed by atoms with Gasteiger partial charge in [0.25, 0.3) is 0 Å². The van der Waals surface area contributed by atoms with Gasteiger partial charge < -0.3 is 4.90 Å². The van der Waals surface area contributed by atoms with Gasteiger partial charge in [0.15, 0.2) is 0 Å². The average Bonchev–Trinajstić information content (AvgIpc) is 2.82. The summed E-state index contributed by atoms with van der Waals surface area (Å²) >= 11 is 2.49. The van der Waals surface area contributed by atoms with Gasteiger partial charge in [-0.2, -0.15) is 21.9 Å². The van der Waals surface area contributed by atoms with Crippen molar-refractivity contribution in [2.24, 2.45) is 0 Å². The number of likely N-dealkylation sites (N-methyl/N-ethyl adjacent to an activating group) is 1. The van der Waals surface area contributed by atoms with Crippen LogP contribution in [0.3, 0.4) is 0 Å². The minimum atomic E-state index is -4.07. The lowest BCUT2D eigenvalue weighted by Crippen LogP contribution is -2.25. The van der Waals surface area contributed by atoms with Crippen LogP contribution >= 0.6 is 23.5 Å². The molecular weight excluding hydrogens is 307 g/mol.